The molecule has 0 bridgehead atoms. The molecule has 4 aromatic rings. The molecule has 1 aromatic heterocycles. The molecule has 0 aliphatic carbocycles. The standard InChI is InChI=1S/C39H42N2O10Si/c1-23-30(22-48-31-10-8-7-9-27(31)21-47-29-17-13-26-14-18-33(42)50-32(26)19-29)36(38(44)49-20-25-11-15-28(16-12-25)41(45)46)40-35(23)34(37(40)43)24(2)51-52(6)39(3,4)5/h7-19,23-24,34-35,52H,20-22H2,1-6H3/t23-,24+,34+,35+,52?/m0/s1. The number of carbonyl (C=O) groups is 2. The highest BCUT2D eigenvalue weighted by molar-refractivity contribution is 6.53. The zero-order valence-electron chi connectivity index (χ0n) is 30.0. The summed E-state index contributed by atoms with van der Waals surface area (Å²) in [6.45, 7) is 12.5. The Labute approximate surface area is 302 Å². The number of fused-ring (bicyclic) bond motifs is 2. The van der Waals surface area contributed by atoms with Crippen molar-refractivity contribution in [2.75, 3.05) is 6.61 Å². The van der Waals surface area contributed by atoms with E-state index in [-0.39, 0.29) is 60.2 Å². The fourth-order valence-electron chi connectivity index (χ4n) is 6.56. The lowest BCUT2D eigenvalue weighted by atomic mass is 9.78. The smallest absolute Gasteiger partial charge is 0.355 e. The fourth-order valence-corrected chi connectivity index (χ4v) is 7.78. The molecule has 12 nitrogen and oxygen atoms in total. The van der Waals surface area contributed by atoms with E-state index >= 15 is 0 Å². The van der Waals surface area contributed by atoms with Crippen molar-refractivity contribution in [2.24, 2.45) is 11.8 Å². The lowest BCUT2D eigenvalue weighted by Crippen LogP contribution is -2.64. The minimum atomic E-state index is -1.66. The van der Waals surface area contributed by atoms with Crippen LogP contribution in [0.2, 0.25) is 11.6 Å². The first-order chi connectivity index (χ1) is 24.7. The Kier molecular flexibility index (Phi) is 10.4. The Hall–Kier alpha value is -5.27. The third-order valence-corrected chi connectivity index (χ3v) is 13.3. The summed E-state index contributed by atoms with van der Waals surface area (Å²) < 4.78 is 29.9. The summed E-state index contributed by atoms with van der Waals surface area (Å²) in [7, 11) is -1.66. The molecule has 6 rings (SSSR count). The molecule has 1 saturated heterocycles. The number of amides is 1. The molecule has 0 radical (unpaired) electrons. The molecule has 0 saturated carbocycles. The molecule has 1 amide bonds. The molecule has 5 atom stereocenters. The van der Waals surface area contributed by atoms with Crippen molar-refractivity contribution in [3.8, 4) is 11.5 Å². The number of nitrogens with zero attached hydrogens (tertiary/aromatic N) is 2. The molecular weight excluding hydrogens is 685 g/mol. The van der Waals surface area contributed by atoms with E-state index < -0.39 is 31.5 Å². The van der Waals surface area contributed by atoms with Crippen molar-refractivity contribution in [2.45, 2.75) is 71.6 Å². The summed E-state index contributed by atoms with van der Waals surface area (Å²) in [5, 5.41) is 11.9. The molecule has 3 heterocycles. The van der Waals surface area contributed by atoms with E-state index in [9.17, 15) is 24.5 Å². The minimum Gasteiger partial charge on any atom is -0.489 e. The van der Waals surface area contributed by atoms with Crippen molar-refractivity contribution in [3.05, 3.63) is 122 Å². The number of carbonyl (C=O) groups excluding carboxylic acids is 2. The van der Waals surface area contributed by atoms with Crippen LogP contribution in [0.15, 0.2) is 99.3 Å². The van der Waals surface area contributed by atoms with E-state index in [1.165, 1.54) is 35.2 Å². The zero-order chi connectivity index (χ0) is 37.3. The lowest BCUT2D eigenvalue weighted by Gasteiger charge is -2.48. The predicted molar refractivity (Wildman–Crippen MR) is 195 cm³/mol. The second-order valence-electron chi connectivity index (χ2n) is 14.4. The molecule has 2 aliphatic rings. The average molecular weight is 727 g/mol. The molecule has 52 heavy (non-hydrogen) atoms. The molecule has 0 N–H and O–H groups in total. The number of para-hydroxylation sites is 1. The quantitative estimate of drug-likeness (QED) is 0.0364. The van der Waals surface area contributed by atoms with Crippen molar-refractivity contribution in [1.29, 1.82) is 0 Å². The van der Waals surface area contributed by atoms with Gasteiger partial charge in [0.05, 0.1) is 23.0 Å². The van der Waals surface area contributed by atoms with Crippen LogP contribution in [0.1, 0.15) is 45.7 Å². The van der Waals surface area contributed by atoms with Crippen LogP contribution in [-0.4, -0.2) is 49.5 Å². The van der Waals surface area contributed by atoms with Crippen LogP contribution in [0.3, 0.4) is 0 Å². The molecule has 1 fully saturated rings. The Bertz CT molecular complexity index is 2090. The number of esters is 1. The number of ether oxygens (including phenoxy) is 3. The maximum atomic E-state index is 13.8. The van der Waals surface area contributed by atoms with Gasteiger partial charge >= 0.3 is 11.6 Å². The molecule has 3 aromatic carbocycles. The summed E-state index contributed by atoms with van der Waals surface area (Å²) in [5.41, 5.74) is 1.98. The monoisotopic (exact) mass is 726 g/mol. The van der Waals surface area contributed by atoms with E-state index in [0.717, 1.165) is 10.9 Å². The van der Waals surface area contributed by atoms with Gasteiger partial charge in [0.15, 0.2) is 9.04 Å². The number of hydrogen-bond donors (Lipinski definition) is 0. The van der Waals surface area contributed by atoms with Gasteiger partial charge in [-0.05, 0) is 60.5 Å². The second kappa shape index (κ2) is 14.8. The number of benzene rings is 3. The van der Waals surface area contributed by atoms with E-state index in [1.807, 2.05) is 44.2 Å². The molecule has 272 valence electrons. The third-order valence-electron chi connectivity index (χ3n) is 9.99. The Morgan fingerprint density at radius 2 is 1.69 bits per heavy atom. The number of hydrogen-bond acceptors (Lipinski definition) is 10. The van der Waals surface area contributed by atoms with E-state index in [1.54, 1.807) is 18.2 Å². The Morgan fingerprint density at radius 1 is 0.981 bits per heavy atom. The van der Waals surface area contributed by atoms with Gasteiger partial charge in [0.25, 0.3) is 5.69 Å². The normalized spacial score (nSPS) is 19.5. The van der Waals surface area contributed by atoms with Crippen LogP contribution in [0.5, 0.6) is 11.5 Å². The van der Waals surface area contributed by atoms with Crippen LogP contribution in [-0.2, 0) is 32.0 Å². The lowest BCUT2D eigenvalue weighted by molar-refractivity contribution is -0.384. The zero-order valence-corrected chi connectivity index (χ0v) is 31.1. The van der Waals surface area contributed by atoms with Crippen LogP contribution >= 0.6 is 0 Å². The molecular formula is C39H42N2O10Si. The average Bonchev–Trinajstić information content (AvgIpc) is 3.35. The number of non-ortho nitro benzene ring substituents is 1. The summed E-state index contributed by atoms with van der Waals surface area (Å²) >= 11 is 0. The summed E-state index contributed by atoms with van der Waals surface area (Å²) in [5.74, 6) is -0.504. The Morgan fingerprint density at radius 3 is 2.40 bits per heavy atom. The van der Waals surface area contributed by atoms with Gasteiger partial charge in [-0.2, -0.15) is 0 Å². The van der Waals surface area contributed by atoms with Crippen LogP contribution < -0.4 is 15.1 Å². The van der Waals surface area contributed by atoms with Gasteiger partial charge in [0.1, 0.15) is 42.6 Å². The van der Waals surface area contributed by atoms with Gasteiger partial charge in [0.2, 0.25) is 5.91 Å². The van der Waals surface area contributed by atoms with Crippen molar-refractivity contribution in [1.82, 2.24) is 4.90 Å². The van der Waals surface area contributed by atoms with E-state index in [2.05, 4.69) is 27.3 Å². The van der Waals surface area contributed by atoms with Gasteiger partial charge in [-0.25, -0.2) is 9.59 Å². The summed E-state index contributed by atoms with van der Waals surface area (Å²) in [6.07, 6.45) is -0.337. The highest BCUT2D eigenvalue weighted by atomic mass is 28.3. The molecule has 0 spiro atoms. The van der Waals surface area contributed by atoms with Gasteiger partial charge < -0.3 is 28.0 Å². The van der Waals surface area contributed by atoms with Gasteiger partial charge in [-0.15, -0.1) is 0 Å². The highest BCUT2D eigenvalue weighted by Gasteiger charge is 2.60. The first-order valence-electron chi connectivity index (χ1n) is 17.2. The first kappa shape index (κ1) is 36.5. The van der Waals surface area contributed by atoms with Gasteiger partial charge in [-0.1, -0.05) is 45.9 Å². The van der Waals surface area contributed by atoms with Crippen LogP contribution in [0.4, 0.5) is 5.69 Å². The largest absolute Gasteiger partial charge is 0.489 e. The number of nitro groups is 1. The van der Waals surface area contributed by atoms with Crippen LogP contribution in [0, 0.1) is 22.0 Å². The number of β-lactam (4-membered cyclic amide) rings is 1. The second-order valence-corrected chi connectivity index (χ2v) is 17.7. The molecule has 13 heteroatoms. The number of rotatable bonds is 13. The van der Waals surface area contributed by atoms with E-state index in [4.69, 9.17) is 23.1 Å². The minimum absolute atomic E-state index is 0.00724. The Balaban J connectivity index is 1.22. The molecule has 2 aliphatic heterocycles. The SMILES string of the molecule is C[C@@H](O[SiH](C)C(C)(C)C)[C@H]1C(=O)N2C(C(=O)OCc3ccc([N+](=O)[O-])cc3)=C(COc3ccccc3COc3ccc4ccc(=O)oc4c3)[C@H](C)[C@H]12. The van der Waals surface area contributed by atoms with Crippen molar-refractivity contribution >= 4 is 37.6 Å². The van der Waals surface area contributed by atoms with Crippen LogP contribution in [0.25, 0.3) is 11.0 Å². The first-order valence-corrected chi connectivity index (χ1v) is 19.4. The summed E-state index contributed by atoms with van der Waals surface area (Å²) in [6, 6.07) is 21.1. The third kappa shape index (κ3) is 7.51. The van der Waals surface area contributed by atoms with E-state index in [0.29, 0.717) is 28.2 Å². The maximum Gasteiger partial charge on any atom is 0.355 e. The summed E-state index contributed by atoms with van der Waals surface area (Å²) in [4.78, 5) is 51.5. The fraction of sp³-hybridized carbons (Fsp3) is 0.359. The maximum absolute atomic E-state index is 13.8. The van der Waals surface area contributed by atoms with Crippen molar-refractivity contribution < 1.29 is 37.6 Å². The van der Waals surface area contributed by atoms with Gasteiger partial charge in [0, 0.05) is 46.7 Å². The predicted octanol–water partition coefficient (Wildman–Crippen LogP) is 6.69. The topological polar surface area (TPSA) is 148 Å². The highest BCUT2D eigenvalue weighted by Crippen LogP contribution is 2.48. The van der Waals surface area contributed by atoms with Gasteiger partial charge in [-0.3, -0.25) is 14.9 Å². The molecule has 1 unspecified atom stereocenters. The van der Waals surface area contributed by atoms with Crippen molar-refractivity contribution in [3.63, 3.8) is 0 Å². The number of nitro benzene ring substituents is 1.